The number of hydrogen-bond acceptors (Lipinski definition) is 2. The lowest BCUT2D eigenvalue weighted by molar-refractivity contribution is -0.124. The van der Waals surface area contributed by atoms with E-state index in [0.717, 1.165) is 0 Å². The van der Waals surface area contributed by atoms with E-state index in [1.54, 1.807) is 32.0 Å². The van der Waals surface area contributed by atoms with Crippen LogP contribution >= 0.6 is 23.2 Å². The summed E-state index contributed by atoms with van der Waals surface area (Å²) in [5, 5.41) is 0.987. The normalized spacial score (nSPS) is 12.3. The van der Waals surface area contributed by atoms with Crippen molar-refractivity contribution in [1.29, 1.82) is 0 Å². The molecule has 4 heteroatoms. The van der Waals surface area contributed by atoms with E-state index in [1.807, 2.05) is 0 Å². The van der Waals surface area contributed by atoms with Crippen molar-refractivity contribution in [2.45, 2.75) is 26.4 Å². The Hall–Kier alpha value is -0.730. The average molecular weight is 247 g/mol. The van der Waals surface area contributed by atoms with Gasteiger partial charge in [-0.05, 0) is 19.1 Å². The van der Waals surface area contributed by atoms with Crippen LogP contribution in [0.3, 0.4) is 0 Å². The van der Waals surface area contributed by atoms with Gasteiger partial charge in [-0.1, -0.05) is 30.1 Å². The summed E-state index contributed by atoms with van der Waals surface area (Å²) >= 11 is 11.7. The molecule has 1 aromatic carbocycles. The Morgan fingerprint density at radius 1 is 1.47 bits per heavy atom. The fourth-order valence-corrected chi connectivity index (χ4v) is 1.44. The van der Waals surface area contributed by atoms with E-state index in [1.165, 1.54) is 0 Å². The number of benzene rings is 1. The highest BCUT2D eigenvalue weighted by Gasteiger charge is 2.14. The van der Waals surface area contributed by atoms with E-state index >= 15 is 0 Å². The molecule has 0 saturated heterocycles. The van der Waals surface area contributed by atoms with E-state index in [0.29, 0.717) is 22.2 Å². The maximum Gasteiger partial charge on any atom is 0.172 e. The molecule has 0 aromatic heterocycles. The fraction of sp³-hybridized carbons (Fsp3) is 0.364. The van der Waals surface area contributed by atoms with Gasteiger partial charge in [0.1, 0.15) is 5.75 Å². The average Bonchev–Trinajstić information content (AvgIpc) is 2.22. The van der Waals surface area contributed by atoms with Crippen LogP contribution in [0.25, 0.3) is 0 Å². The number of hydrogen-bond donors (Lipinski definition) is 0. The molecule has 2 nitrogen and oxygen atoms in total. The molecule has 1 unspecified atom stereocenters. The fourth-order valence-electron chi connectivity index (χ4n) is 1.11. The van der Waals surface area contributed by atoms with Crippen LogP contribution in [0.2, 0.25) is 10.0 Å². The number of rotatable bonds is 4. The maximum absolute atomic E-state index is 11.3. The zero-order valence-electron chi connectivity index (χ0n) is 8.59. The largest absolute Gasteiger partial charge is 0.481 e. The van der Waals surface area contributed by atoms with Gasteiger partial charge in [-0.15, -0.1) is 0 Å². The second kappa shape index (κ2) is 5.38. The van der Waals surface area contributed by atoms with Gasteiger partial charge in [0.05, 0.1) is 5.02 Å². The van der Waals surface area contributed by atoms with Crippen molar-refractivity contribution in [3.8, 4) is 5.75 Å². The van der Waals surface area contributed by atoms with Crippen LogP contribution < -0.4 is 4.74 Å². The number of ether oxygens (including phenoxy) is 1. The van der Waals surface area contributed by atoms with Crippen LogP contribution in [0.15, 0.2) is 18.2 Å². The van der Waals surface area contributed by atoms with Crippen LogP contribution in [0.5, 0.6) is 5.75 Å². The standard InChI is InChI=1S/C11H12Cl2O2/c1-3-10(14)7(2)15-11-6-8(12)4-5-9(11)13/h4-7H,3H2,1-2H3. The molecule has 0 amide bonds. The Balaban J connectivity index is 2.80. The van der Waals surface area contributed by atoms with Gasteiger partial charge in [0.15, 0.2) is 11.9 Å². The van der Waals surface area contributed by atoms with Crippen molar-refractivity contribution < 1.29 is 9.53 Å². The highest BCUT2D eigenvalue weighted by Crippen LogP contribution is 2.28. The molecule has 0 radical (unpaired) electrons. The van der Waals surface area contributed by atoms with Crippen LogP contribution in [-0.4, -0.2) is 11.9 Å². The van der Waals surface area contributed by atoms with Crippen molar-refractivity contribution in [1.82, 2.24) is 0 Å². The molecular weight excluding hydrogens is 235 g/mol. The number of ketones is 1. The van der Waals surface area contributed by atoms with Gasteiger partial charge in [0, 0.05) is 17.5 Å². The third-order valence-electron chi connectivity index (χ3n) is 2.00. The van der Waals surface area contributed by atoms with Gasteiger partial charge in [-0.25, -0.2) is 0 Å². The van der Waals surface area contributed by atoms with Crippen LogP contribution in [0.4, 0.5) is 0 Å². The van der Waals surface area contributed by atoms with Crippen molar-refractivity contribution >= 4 is 29.0 Å². The molecule has 0 heterocycles. The molecule has 0 aliphatic rings. The van der Waals surface area contributed by atoms with Crippen LogP contribution in [0.1, 0.15) is 20.3 Å². The first-order valence-electron chi connectivity index (χ1n) is 4.69. The van der Waals surface area contributed by atoms with Gasteiger partial charge in [-0.2, -0.15) is 0 Å². The highest BCUT2D eigenvalue weighted by atomic mass is 35.5. The lowest BCUT2D eigenvalue weighted by Gasteiger charge is -2.13. The second-order valence-corrected chi connectivity index (χ2v) is 4.00. The Morgan fingerprint density at radius 3 is 2.73 bits per heavy atom. The quantitative estimate of drug-likeness (QED) is 0.810. The van der Waals surface area contributed by atoms with Crippen molar-refractivity contribution in [3.63, 3.8) is 0 Å². The summed E-state index contributed by atoms with van der Waals surface area (Å²) in [5.41, 5.74) is 0. The molecule has 0 saturated carbocycles. The molecule has 0 aliphatic heterocycles. The molecule has 0 spiro atoms. The Morgan fingerprint density at radius 2 is 2.13 bits per heavy atom. The van der Waals surface area contributed by atoms with E-state index in [2.05, 4.69) is 0 Å². The van der Waals surface area contributed by atoms with E-state index < -0.39 is 6.10 Å². The van der Waals surface area contributed by atoms with E-state index in [9.17, 15) is 4.79 Å². The molecule has 0 bridgehead atoms. The smallest absolute Gasteiger partial charge is 0.172 e. The first-order chi connectivity index (χ1) is 7.04. The summed E-state index contributed by atoms with van der Waals surface area (Å²) in [7, 11) is 0. The minimum Gasteiger partial charge on any atom is -0.481 e. The Kier molecular flexibility index (Phi) is 4.43. The monoisotopic (exact) mass is 246 g/mol. The summed E-state index contributed by atoms with van der Waals surface area (Å²) in [4.78, 5) is 11.3. The molecule has 82 valence electrons. The number of carbonyl (C=O) groups is 1. The Bertz CT molecular complexity index is 364. The zero-order valence-corrected chi connectivity index (χ0v) is 10.1. The first kappa shape index (κ1) is 12.3. The predicted molar refractivity (Wildman–Crippen MR) is 61.9 cm³/mol. The summed E-state index contributed by atoms with van der Waals surface area (Å²) in [5.74, 6) is 0.476. The lowest BCUT2D eigenvalue weighted by atomic mass is 10.2. The number of halogens is 2. The summed E-state index contributed by atoms with van der Waals surface area (Å²) in [6.45, 7) is 3.49. The number of carbonyl (C=O) groups excluding carboxylic acids is 1. The third kappa shape index (κ3) is 3.40. The molecule has 1 aromatic rings. The van der Waals surface area contributed by atoms with E-state index in [-0.39, 0.29) is 5.78 Å². The summed E-state index contributed by atoms with van der Waals surface area (Å²) in [6, 6.07) is 4.91. The minimum atomic E-state index is -0.494. The highest BCUT2D eigenvalue weighted by molar-refractivity contribution is 6.34. The maximum atomic E-state index is 11.3. The summed E-state index contributed by atoms with van der Waals surface area (Å²) in [6.07, 6.45) is -0.0507. The minimum absolute atomic E-state index is 0.0334. The van der Waals surface area contributed by atoms with E-state index in [4.69, 9.17) is 27.9 Å². The van der Waals surface area contributed by atoms with Crippen LogP contribution in [-0.2, 0) is 4.79 Å². The van der Waals surface area contributed by atoms with Crippen molar-refractivity contribution in [3.05, 3.63) is 28.2 Å². The predicted octanol–water partition coefficient (Wildman–Crippen LogP) is 3.74. The van der Waals surface area contributed by atoms with Crippen molar-refractivity contribution in [2.75, 3.05) is 0 Å². The molecule has 1 rings (SSSR count). The molecule has 1 atom stereocenters. The van der Waals surface area contributed by atoms with Gasteiger partial charge >= 0.3 is 0 Å². The van der Waals surface area contributed by atoms with Gasteiger partial charge < -0.3 is 4.74 Å². The Labute approximate surface area is 99.1 Å². The SMILES string of the molecule is CCC(=O)C(C)Oc1cc(Cl)ccc1Cl. The molecule has 0 aliphatic carbocycles. The molecule has 0 fully saturated rings. The molecule has 15 heavy (non-hydrogen) atoms. The zero-order chi connectivity index (χ0) is 11.4. The topological polar surface area (TPSA) is 26.3 Å². The van der Waals surface area contributed by atoms with Gasteiger partial charge in [0.2, 0.25) is 0 Å². The first-order valence-corrected chi connectivity index (χ1v) is 5.44. The third-order valence-corrected chi connectivity index (χ3v) is 2.55. The molecule has 0 N–H and O–H groups in total. The lowest BCUT2D eigenvalue weighted by Crippen LogP contribution is -2.22. The number of Topliss-reactive ketones (excluding diaryl/α,β-unsaturated/α-hetero) is 1. The van der Waals surface area contributed by atoms with Crippen molar-refractivity contribution in [2.24, 2.45) is 0 Å². The second-order valence-electron chi connectivity index (χ2n) is 3.15. The van der Waals surface area contributed by atoms with Crippen LogP contribution in [0, 0.1) is 0 Å². The van der Waals surface area contributed by atoms with Gasteiger partial charge in [0.25, 0.3) is 0 Å². The molecular formula is C11H12Cl2O2. The van der Waals surface area contributed by atoms with Gasteiger partial charge in [-0.3, -0.25) is 4.79 Å². The summed E-state index contributed by atoms with van der Waals surface area (Å²) < 4.78 is 5.41.